The summed E-state index contributed by atoms with van der Waals surface area (Å²) >= 11 is 0. The first-order chi connectivity index (χ1) is 11.6. The van der Waals surface area contributed by atoms with Crippen LogP contribution in [0.4, 0.5) is 0 Å². The molecule has 5 nitrogen and oxygen atoms in total. The van der Waals surface area contributed by atoms with Gasteiger partial charge in [-0.1, -0.05) is 30.3 Å². The van der Waals surface area contributed by atoms with Crippen LogP contribution in [-0.4, -0.2) is 36.2 Å². The number of ether oxygens (including phenoxy) is 1. The Balaban J connectivity index is 1.67. The minimum absolute atomic E-state index is 0.0522. The summed E-state index contributed by atoms with van der Waals surface area (Å²) in [5.41, 5.74) is 2.50. The molecule has 2 aliphatic carbocycles. The summed E-state index contributed by atoms with van der Waals surface area (Å²) in [6.07, 6.45) is 5.48. The fraction of sp³-hybridized carbons (Fsp3) is 0.474. The molecular formula is C19H23NO4. The first kappa shape index (κ1) is 16.7. The SMILES string of the molecule is C=CCOCC(NC(=O)C1CC12CCCc1ccccc12)C(=O)O. The number of carbonyl (C=O) groups is 2. The van der Waals surface area contributed by atoms with Gasteiger partial charge in [-0.15, -0.1) is 6.58 Å². The number of hydrogen-bond donors (Lipinski definition) is 2. The highest BCUT2D eigenvalue weighted by molar-refractivity contribution is 5.88. The summed E-state index contributed by atoms with van der Waals surface area (Å²) in [6, 6.07) is 7.28. The van der Waals surface area contributed by atoms with Crippen LogP contribution in [0.2, 0.25) is 0 Å². The van der Waals surface area contributed by atoms with Gasteiger partial charge in [0.05, 0.1) is 13.2 Å². The number of aliphatic carboxylic acids is 1. The minimum atomic E-state index is -1.08. The van der Waals surface area contributed by atoms with Gasteiger partial charge in [-0.25, -0.2) is 4.79 Å². The molecule has 3 unspecified atom stereocenters. The molecule has 1 saturated carbocycles. The zero-order valence-corrected chi connectivity index (χ0v) is 13.7. The molecule has 1 fully saturated rings. The maximum absolute atomic E-state index is 12.6. The molecule has 0 bridgehead atoms. The fourth-order valence-corrected chi connectivity index (χ4v) is 3.89. The maximum atomic E-state index is 12.6. The third-order valence-electron chi connectivity index (χ3n) is 5.15. The van der Waals surface area contributed by atoms with E-state index in [9.17, 15) is 14.7 Å². The van der Waals surface area contributed by atoms with Crippen molar-refractivity contribution in [3.05, 3.63) is 48.0 Å². The van der Waals surface area contributed by atoms with Gasteiger partial charge in [0.15, 0.2) is 6.04 Å². The normalized spacial score (nSPS) is 25.6. The number of amides is 1. The lowest BCUT2D eigenvalue weighted by molar-refractivity contribution is -0.143. The smallest absolute Gasteiger partial charge is 0.328 e. The van der Waals surface area contributed by atoms with E-state index in [0.29, 0.717) is 0 Å². The lowest BCUT2D eigenvalue weighted by Gasteiger charge is -2.26. The van der Waals surface area contributed by atoms with Crippen molar-refractivity contribution < 1.29 is 19.4 Å². The summed E-state index contributed by atoms with van der Waals surface area (Å²) in [6.45, 7) is 3.73. The van der Waals surface area contributed by atoms with Gasteiger partial charge in [-0.3, -0.25) is 4.79 Å². The Labute approximate surface area is 141 Å². The number of carbonyl (C=O) groups excluding carboxylic acids is 1. The molecule has 3 atom stereocenters. The van der Waals surface area contributed by atoms with Crippen LogP contribution in [0.3, 0.4) is 0 Å². The van der Waals surface area contributed by atoms with E-state index in [1.165, 1.54) is 11.1 Å². The molecule has 0 radical (unpaired) electrons. The first-order valence-corrected chi connectivity index (χ1v) is 8.38. The monoisotopic (exact) mass is 329 g/mol. The Kier molecular flexibility index (Phi) is 4.71. The van der Waals surface area contributed by atoms with E-state index in [4.69, 9.17) is 4.74 Å². The molecule has 1 aromatic rings. The van der Waals surface area contributed by atoms with E-state index in [1.807, 2.05) is 12.1 Å². The molecule has 1 amide bonds. The quantitative estimate of drug-likeness (QED) is 0.593. The Bertz CT molecular complexity index is 657. The Morgan fingerprint density at radius 2 is 2.25 bits per heavy atom. The Hall–Kier alpha value is -2.14. The number of carboxylic acids is 1. The second kappa shape index (κ2) is 6.77. The molecule has 0 heterocycles. The summed E-state index contributed by atoms with van der Waals surface area (Å²) in [5, 5.41) is 11.9. The molecule has 24 heavy (non-hydrogen) atoms. The van der Waals surface area contributed by atoms with Crippen molar-refractivity contribution >= 4 is 11.9 Å². The molecule has 2 aliphatic rings. The van der Waals surface area contributed by atoms with E-state index in [0.717, 1.165) is 25.7 Å². The fourth-order valence-electron chi connectivity index (χ4n) is 3.89. The molecule has 1 aromatic carbocycles. The molecule has 3 rings (SSSR count). The van der Waals surface area contributed by atoms with Crippen molar-refractivity contribution in [3.8, 4) is 0 Å². The van der Waals surface area contributed by atoms with Gasteiger partial charge in [0.1, 0.15) is 0 Å². The van der Waals surface area contributed by atoms with Crippen LogP contribution in [0.25, 0.3) is 0 Å². The van der Waals surface area contributed by atoms with Gasteiger partial charge in [0.25, 0.3) is 0 Å². The lowest BCUT2D eigenvalue weighted by atomic mass is 9.78. The number of hydrogen-bond acceptors (Lipinski definition) is 3. The van der Waals surface area contributed by atoms with Gasteiger partial charge in [0, 0.05) is 11.3 Å². The summed E-state index contributed by atoms with van der Waals surface area (Å²) in [5.74, 6) is -1.40. The highest BCUT2D eigenvalue weighted by Crippen LogP contribution is 2.60. The van der Waals surface area contributed by atoms with E-state index in [1.54, 1.807) is 6.08 Å². The van der Waals surface area contributed by atoms with Crippen LogP contribution < -0.4 is 5.32 Å². The van der Waals surface area contributed by atoms with Crippen LogP contribution >= 0.6 is 0 Å². The van der Waals surface area contributed by atoms with Crippen molar-refractivity contribution in [2.75, 3.05) is 13.2 Å². The van der Waals surface area contributed by atoms with E-state index in [-0.39, 0.29) is 30.5 Å². The maximum Gasteiger partial charge on any atom is 0.328 e. The van der Waals surface area contributed by atoms with Gasteiger partial charge in [-0.2, -0.15) is 0 Å². The number of rotatable bonds is 7. The van der Waals surface area contributed by atoms with Crippen LogP contribution in [0.1, 0.15) is 30.4 Å². The van der Waals surface area contributed by atoms with Crippen molar-refractivity contribution in [1.29, 1.82) is 0 Å². The highest BCUT2D eigenvalue weighted by atomic mass is 16.5. The average molecular weight is 329 g/mol. The molecule has 0 aliphatic heterocycles. The van der Waals surface area contributed by atoms with Gasteiger partial charge < -0.3 is 15.2 Å². The predicted octanol–water partition coefficient (Wildman–Crippen LogP) is 2.05. The van der Waals surface area contributed by atoms with Crippen LogP contribution in [0, 0.1) is 5.92 Å². The van der Waals surface area contributed by atoms with E-state index < -0.39 is 12.0 Å². The number of nitrogens with one attached hydrogen (secondary N) is 1. The summed E-state index contributed by atoms with van der Waals surface area (Å²) in [4.78, 5) is 23.9. The van der Waals surface area contributed by atoms with Crippen molar-refractivity contribution in [3.63, 3.8) is 0 Å². The lowest BCUT2D eigenvalue weighted by Crippen LogP contribution is -2.45. The standard InChI is InChI=1S/C19H23NO4/c1-2-10-24-12-16(18(22)23)20-17(21)15-11-19(15)9-5-7-13-6-3-4-8-14(13)19/h2-4,6,8,15-16H,1,5,7,9-12H2,(H,20,21)(H,22,23). The summed E-state index contributed by atoms with van der Waals surface area (Å²) in [7, 11) is 0. The zero-order chi connectivity index (χ0) is 17.2. The van der Waals surface area contributed by atoms with Crippen molar-refractivity contribution in [2.45, 2.75) is 37.1 Å². The topological polar surface area (TPSA) is 75.6 Å². The molecule has 0 saturated heterocycles. The predicted molar refractivity (Wildman–Crippen MR) is 89.7 cm³/mol. The van der Waals surface area contributed by atoms with Gasteiger partial charge >= 0.3 is 5.97 Å². The summed E-state index contributed by atoms with van der Waals surface area (Å²) < 4.78 is 5.19. The minimum Gasteiger partial charge on any atom is -0.480 e. The number of aryl methyl sites for hydroxylation is 1. The van der Waals surface area contributed by atoms with Crippen LogP contribution in [0.5, 0.6) is 0 Å². The Morgan fingerprint density at radius 1 is 1.46 bits per heavy atom. The third-order valence-corrected chi connectivity index (χ3v) is 5.15. The second-order valence-corrected chi connectivity index (χ2v) is 6.65. The van der Waals surface area contributed by atoms with Crippen LogP contribution in [-0.2, 0) is 26.2 Å². The molecule has 0 aromatic heterocycles. The number of fused-ring (bicyclic) bond motifs is 2. The van der Waals surface area contributed by atoms with E-state index >= 15 is 0 Å². The van der Waals surface area contributed by atoms with Crippen LogP contribution in [0.15, 0.2) is 36.9 Å². The first-order valence-electron chi connectivity index (χ1n) is 8.38. The molecular weight excluding hydrogens is 306 g/mol. The highest BCUT2D eigenvalue weighted by Gasteiger charge is 2.60. The average Bonchev–Trinajstić information content (AvgIpc) is 3.29. The Morgan fingerprint density at radius 3 is 3.00 bits per heavy atom. The zero-order valence-electron chi connectivity index (χ0n) is 13.7. The van der Waals surface area contributed by atoms with Crippen molar-refractivity contribution in [2.24, 2.45) is 5.92 Å². The third kappa shape index (κ3) is 3.08. The van der Waals surface area contributed by atoms with Gasteiger partial charge in [-0.05, 0) is 36.8 Å². The largest absolute Gasteiger partial charge is 0.480 e. The van der Waals surface area contributed by atoms with Gasteiger partial charge in [0.2, 0.25) is 5.91 Å². The second-order valence-electron chi connectivity index (χ2n) is 6.65. The van der Waals surface area contributed by atoms with E-state index in [2.05, 4.69) is 24.0 Å². The number of benzene rings is 1. The molecule has 5 heteroatoms. The molecule has 2 N–H and O–H groups in total. The molecule has 1 spiro atoms. The molecule has 128 valence electrons. The van der Waals surface area contributed by atoms with Crippen molar-refractivity contribution in [1.82, 2.24) is 5.32 Å². The number of carboxylic acid groups (broad SMARTS) is 1.